The van der Waals surface area contributed by atoms with Crippen LogP contribution in [0.15, 0.2) is 54.9 Å². The highest BCUT2D eigenvalue weighted by Gasteiger charge is 2.42. The largest absolute Gasteiger partial charge is 0.292 e. The van der Waals surface area contributed by atoms with Crippen LogP contribution in [-0.2, 0) is 0 Å². The van der Waals surface area contributed by atoms with Crippen LogP contribution in [0.4, 0.5) is 11.4 Å². The van der Waals surface area contributed by atoms with Gasteiger partial charge >= 0.3 is 0 Å². The molecule has 0 saturated heterocycles. The van der Waals surface area contributed by atoms with Gasteiger partial charge in [-0.15, -0.1) is 0 Å². The van der Waals surface area contributed by atoms with Crippen molar-refractivity contribution in [2.24, 2.45) is 0 Å². The van der Waals surface area contributed by atoms with Gasteiger partial charge in [-0.1, -0.05) is 36.4 Å². The number of hydrogen-bond donors (Lipinski definition) is 0. The maximum absolute atomic E-state index is 2.45. The molecule has 2 atom stereocenters. The zero-order chi connectivity index (χ0) is 16.6. The molecular formula is C21H27N2+. The average Bonchev–Trinajstić information content (AvgIpc) is 2.86. The molecule has 120 valence electrons. The second kappa shape index (κ2) is 5.86. The van der Waals surface area contributed by atoms with Gasteiger partial charge in [0.2, 0.25) is 0 Å². The fourth-order valence-electron chi connectivity index (χ4n) is 3.99. The molecule has 3 rings (SSSR count). The van der Waals surface area contributed by atoms with Gasteiger partial charge in [-0.05, 0) is 44.9 Å². The molecule has 0 amide bonds. The Morgan fingerprint density at radius 1 is 0.913 bits per heavy atom. The number of nitrogens with zero attached hydrogens (tertiary/aromatic N) is 2. The van der Waals surface area contributed by atoms with Crippen LogP contribution >= 0.6 is 0 Å². The van der Waals surface area contributed by atoms with E-state index in [1.165, 1.54) is 28.1 Å². The van der Waals surface area contributed by atoms with Crippen molar-refractivity contribution in [2.75, 3.05) is 11.4 Å². The molecule has 2 aromatic rings. The molecule has 0 aromatic heterocycles. The molecule has 1 aliphatic rings. The lowest BCUT2D eigenvalue weighted by Crippen LogP contribution is -2.54. The SMILES string of the molecule is CC[N+]1(c2ccccc2C)C=CN(c2c(C)cccc2C)[C@H]1C. The minimum Gasteiger partial charge on any atom is -0.292 e. The van der Waals surface area contributed by atoms with Crippen molar-refractivity contribution in [3.8, 4) is 0 Å². The van der Waals surface area contributed by atoms with Crippen LogP contribution in [0.3, 0.4) is 0 Å². The van der Waals surface area contributed by atoms with Gasteiger partial charge in [-0.3, -0.25) is 4.90 Å². The molecule has 0 aliphatic carbocycles. The zero-order valence-electron chi connectivity index (χ0n) is 14.9. The van der Waals surface area contributed by atoms with Crippen molar-refractivity contribution in [1.82, 2.24) is 4.48 Å². The van der Waals surface area contributed by atoms with Crippen molar-refractivity contribution in [2.45, 2.75) is 40.8 Å². The van der Waals surface area contributed by atoms with E-state index in [-0.39, 0.29) is 0 Å². The van der Waals surface area contributed by atoms with Crippen LogP contribution in [0.1, 0.15) is 30.5 Å². The predicted octanol–water partition coefficient (Wildman–Crippen LogP) is 5.28. The third kappa shape index (κ3) is 2.38. The van der Waals surface area contributed by atoms with Gasteiger partial charge in [0.05, 0.1) is 18.4 Å². The summed E-state index contributed by atoms with van der Waals surface area (Å²) in [4.78, 5) is 2.45. The van der Waals surface area contributed by atoms with E-state index in [1.54, 1.807) is 0 Å². The van der Waals surface area contributed by atoms with Gasteiger partial charge < -0.3 is 0 Å². The van der Waals surface area contributed by atoms with Gasteiger partial charge in [0.25, 0.3) is 0 Å². The standard InChI is InChI=1S/C21H27N2/c1-6-23(20-13-8-7-10-16(20)2)15-14-22(19(23)5)21-17(3)11-9-12-18(21)4/h7-15,19H,6H2,1-5H3/q+1/t19-,23?/m1/s1. The first-order chi connectivity index (χ1) is 11.0. The summed E-state index contributed by atoms with van der Waals surface area (Å²) in [6.45, 7) is 12.3. The van der Waals surface area contributed by atoms with Crippen molar-refractivity contribution in [1.29, 1.82) is 0 Å². The van der Waals surface area contributed by atoms with Crippen LogP contribution < -0.4 is 9.38 Å². The molecule has 0 fully saturated rings. The predicted molar refractivity (Wildman–Crippen MR) is 101 cm³/mol. The molecule has 2 heteroatoms. The van der Waals surface area contributed by atoms with Crippen molar-refractivity contribution in [3.63, 3.8) is 0 Å². The summed E-state index contributed by atoms with van der Waals surface area (Å²) in [5.74, 6) is 0. The van der Waals surface area contributed by atoms with E-state index in [1.807, 2.05) is 0 Å². The van der Waals surface area contributed by atoms with Gasteiger partial charge in [0.1, 0.15) is 11.9 Å². The molecule has 2 aromatic carbocycles. The summed E-state index contributed by atoms with van der Waals surface area (Å²) in [7, 11) is 0. The Labute approximate surface area is 140 Å². The van der Waals surface area contributed by atoms with E-state index in [0.29, 0.717) is 6.17 Å². The van der Waals surface area contributed by atoms with Crippen molar-refractivity contribution in [3.05, 3.63) is 71.6 Å². The summed E-state index contributed by atoms with van der Waals surface area (Å²) in [6, 6.07) is 15.3. The van der Waals surface area contributed by atoms with Crippen LogP contribution in [-0.4, -0.2) is 12.7 Å². The average molecular weight is 307 g/mol. The maximum atomic E-state index is 2.45. The Kier molecular flexibility index (Phi) is 4.03. The molecule has 23 heavy (non-hydrogen) atoms. The minimum absolute atomic E-state index is 0.348. The summed E-state index contributed by atoms with van der Waals surface area (Å²) in [5, 5.41) is 0. The highest BCUT2D eigenvalue weighted by molar-refractivity contribution is 5.65. The lowest BCUT2D eigenvalue weighted by atomic mass is 10.1. The van der Waals surface area contributed by atoms with E-state index in [2.05, 4.69) is 94.4 Å². The highest BCUT2D eigenvalue weighted by Crippen LogP contribution is 2.39. The molecule has 2 nitrogen and oxygen atoms in total. The Bertz CT molecular complexity index is 727. The first-order valence-corrected chi connectivity index (χ1v) is 8.49. The third-order valence-corrected chi connectivity index (χ3v) is 5.35. The monoisotopic (exact) mass is 307 g/mol. The smallest absolute Gasteiger partial charge is 0.174 e. The number of rotatable bonds is 3. The molecule has 0 radical (unpaired) electrons. The van der Waals surface area contributed by atoms with Crippen LogP contribution in [0.2, 0.25) is 0 Å². The Hall–Kier alpha value is -2.06. The van der Waals surface area contributed by atoms with Crippen LogP contribution in [0.5, 0.6) is 0 Å². The number of para-hydroxylation sites is 2. The fourth-order valence-corrected chi connectivity index (χ4v) is 3.99. The first kappa shape index (κ1) is 15.8. The Morgan fingerprint density at radius 3 is 2.13 bits per heavy atom. The van der Waals surface area contributed by atoms with E-state index < -0.39 is 0 Å². The highest BCUT2D eigenvalue weighted by atomic mass is 15.5. The van der Waals surface area contributed by atoms with Gasteiger partial charge in [-0.2, -0.15) is 0 Å². The normalized spacial score (nSPS) is 23.5. The Morgan fingerprint density at radius 2 is 1.52 bits per heavy atom. The molecule has 0 saturated carbocycles. The third-order valence-electron chi connectivity index (χ3n) is 5.35. The number of aryl methyl sites for hydroxylation is 3. The number of hydrogen-bond acceptors (Lipinski definition) is 1. The summed E-state index contributed by atoms with van der Waals surface area (Å²) < 4.78 is 0.875. The summed E-state index contributed by atoms with van der Waals surface area (Å²) in [5.41, 5.74) is 6.77. The molecule has 1 heterocycles. The topological polar surface area (TPSA) is 3.24 Å². The Balaban J connectivity index is 2.09. The van der Waals surface area contributed by atoms with Gasteiger partial charge in [0.15, 0.2) is 6.17 Å². The molecular weight excluding hydrogens is 280 g/mol. The molecule has 0 bridgehead atoms. The summed E-state index contributed by atoms with van der Waals surface area (Å²) in [6.07, 6.45) is 4.98. The first-order valence-electron chi connectivity index (χ1n) is 8.49. The van der Waals surface area contributed by atoms with Gasteiger partial charge in [0, 0.05) is 12.5 Å². The molecule has 0 N–H and O–H groups in total. The number of quaternary nitrogens is 1. The molecule has 0 spiro atoms. The number of benzene rings is 2. The fraction of sp³-hybridized carbons (Fsp3) is 0.333. The van der Waals surface area contributed by atoms with Crippen LogP contribution in [0, 0.1) is 20.8 Å². The van der Waals surface area contributed by atoms with E-state index in [0.717, 1.165) is 11.0 Å². The van der Waals surface area contributed by atoms with Crippen molar-refractivity contribution < 1.29 is 0 Å². The quantitative estimate of drug-likeness (QED) is 0.698. The molecule has 1 unspecified atom stereocenters. The maximum Gasteiger partial charge on any atom is 0.174 e. The van der Waals surface area contributed by atoms with E-state index in [9.17, 15) is 0 Å². The minimum atomic E-state index is 0.348. The van der Waals surface area contributed by atoms with Crippen LogP contribution in [0.25, 0.3) is 0 Å². The van der Waals surface area contributed by atoms with E-state index >= 15 is 0 Å². The van der Waals surface area contributed by atoms with E-state index in [4.69, 9.17) is 0 Å². The summed E-state index contributed by atoms with van der Waals surface area (Å²) >= 11 is 0. The second-order valence-corrected chi connectivity index (χ2v) is 6.61. The zero-order valence-corrected chi connectivity index (χ0v) is 14.9. The van der Waals surface area contributed by atoms with Gasteiger partial charge in [-0.25, -0.2) is 4.48 Å². The number of anilines is 1. The lowest BCUT2D eigenvalue weighted by molar-refractivity contribution is 0.328. The molecule has 1 aliphatic heterocycles. The lowest BCUT2D eigenvalue weighted by Gasteiger charge is -2.39. The van der Waals surface area contributed by atoms with Crippen molar-refractivity contribution >= 4 is 11.4 Å². The second-order valence-electron chi connectivity index (χ2n) is 6.61.